The van der Waals surface area contributed by atoms with Crippen molar-refractivity contribution in [2.24, 2.45) is 0 Å². The summed E-state index contributed by atoms with van der Waals surface area (Å²) in [5.74, 6) is -6.44. The summed E-state index contributed by atoms with van der Waals surface area (Å²) >= 11 is 0. The highest BCUT2D eigenvalue weighted by molar-refractivity contribution is 6.45. The average molecular weight is 1740 g/mol. The van der Waals surface area contributed by atoms with Crippen LogP contribution < -0.4 is 28.7 Å². The van der Waals surface area contributed by atoms with Crippen molar-refractivity contribution < 1.29 is 85.8 Å². The molecule has 15 rings (SSSR count). The lowest BCUT2D eigenvalue weighted by Crippen LogP contribution is -2.57. The third kappa shape index (κ3) is 18.8. The van der Waals surface area contributed by atoms with Crippen LogP contribution in [-0.4, -0.2) is 120 Å². The van der Waals surface area contributed by atoms with Crippen LogP contribution in [0.25, 0.3) is 43.1 Å². The number of esters is 4. The summed E-state index contributed by atoms with van der Waals surface area (Å²) < 4.78 is 51.9. The Bertz CT molecular complexity index is 5970. The summed E-state index contributed by atoms with van der Waals surface area (Å²) in [5.41, 5.74) is 5.64. The molecule has 0 spiro atoms. The van der Waals surface area contributed by atoms with Gasteiger partial charge in [-0.2, -0.15) is 0 Å². The van der Waals surface area contributed by atoms with Gasteiger partial charge in [0.2, 0.25) is 0 Å². The average Bonchev–Trinajstić information content (AvgIpc) is 0.668. The molecule has 0 N–H and O–H groups in total. The van der Waals surface area contributed by atoms with Crippen LogP contribution >= 0.6 is 0 Å². The fourth-order valence-corrected chi connectivity index (χ4v) is 16.5. The molecule has 656 valence electrons. The standard InChI is InChI=1S/C108H96N4O18/c1-63(2)105(119)123-53-49-69-33-41-77(42-34-69)127-87-59-81-91-82(100(114)111(99(81)113)85(57-73-25-17-13-18-26-73)103(117)109(67(9)10)75-29-21-15-22-30-75)61-89(129-79-45-37-71(38-46-79)51-55-125-107(121)65(5)6)95-96-90(130-80-47-39-72(40-48-80)52-56-126-108(122)66(7)8)62-84-92-83(60-88(94(98(92)96)93(87)97(91)95)128-78-43-35-70(36-44-78)50-54-124-106(120)64(3)4)101(115)112(102(84)116)86(58-74-27-19-14-20-28-74)104(118)110(68(11)12)76-31-23-16-24-32-76/h13-48,59-62,67-68,85-86H,1,3,5,7,49-58H2,2,4,6,8-12H3. The second kappa shape index (κ2) is 38.7. The normalized spacial score (nSPS) is 12.7. The number of fused-ring (bicyclic) bond motifs is 2. The molecule has 0 bridgehead atoms. The van der Waals surface area contributed by atoms with E-state index in [1.807, 2.05) is 76.2 Å². The van der Waals surface area contributed by atoms with Crippen LogP contribution in [0.4, 0.5) is 11.4 Å². The Labute approximate surface area is 752 Å². The van der Waals surface area contributed by atoms with Gasteiger partial charge in [-0.25, -0.2) is 19.2 Å². The van der Waals surface area contributed by atoms with Crippen molar-refractivity contribution in [3.8, 4) is 46.0 Å². The van der Waals surface area contributed by atoms with Crippen molar-refractivity contribution in [2.45, 2.75) is 118 Å². The number of hydrogen-bond acceptors (Lipinski definition) is 18. The maximum atomic E-state index is 17.1. The zero-order valence-electron chi connectivity index (χ0n) is 73.4. The van der Waals surface area contributed by atoms with Crippen molar-refractivity contribution in [2.75, 3.05) is 36.2 Å². The lowest BCUT2D eigenvalue weighted by Gasteiger charge is -2.38. The van der Waals surface area contributed by atoms with Gasteiger partial charge in [-0.3, -0.25) is 38.6 Å². The van der Waals surface area contributed by atoms with Gasteiger partial charge in [0.25, 0.3) is 35.4 Å². The highest BCUT2D eigenvalue weighted by Gasteiger charge is 2.48. The third-order valence-electron chi connectivity index (χ3n) is 22.8. The summed E-state index contributed by atoms with van der Waals surface area (Å²) in [6.45, 7) is 28.6. The van der Waals surface area contributed by atoms with Gasteiger partial charge >= 0.3 is 23.9 Å². The van der Waals surface area contributed by atoms with E-state index in [0.717, 1.165) is 32.1 Å². The van der Waals surface area contributed by atoms with E-state index in [-0.39, 0.29) is 199 Å². The largest absolute Gasteiger partial charge is 0.462 e. The molecule has 22 nitrogen and oxygen atoms in total. The molecular weight excluding hydrogens is 1640 g/mol. The number of carbonyl (C=O) groups excluding carboxylic acids is 10. The zero-order chi connectivity index (χ0) is 91.9. The molecule has 0 saturated carbocycles. The number of nitrogens with zero attached hydrogens (tertiary/aromatic N) is 4. The number of rotatable bonds is 36. The van der Waals surface area contributed by atoms with E-state index in [9.17, 15) is 19.2 Å². The molecule has 2 aliphatic rings. The minimum absolute atomic E-state index is 0.00842. The highest BCUT2D eigenvalue weighted by atomic mass is 16.5. The van der Waals surface area contributed by atoms with Gasteiger partial charge in [0, 0.05) is 127 Å². The van der Waals surface area contributed by atoms with Crippen molar-refractivity contribution >= 4 is 114 Å². The van der Waals surface area contributed by atoms with Crippen LogP contribution in [0.15, 0.2) is 291 Å². The van der Waals surface area contributed by atoms with Gasteiger partial charge in [-0.1, -0.05) is 172 Å². The van der Waals surface area contributed by atoms with E-state index < -0.39 is 83.5 Å². The predicted molar refractivity (Wildman–Crippen MR) is 499 cm³/mol. The SMILES string of the molecule is C=C(C)C(=O)OCCc1ccc(Oc2cc3c4c(cc(Oc5ccc(CCOC(=O)C(=C)C)cc5)c5c6c(Oc7ccc(CCOC(=O)C(=C)C)cc7)cc7c8c(cc(Oc9ccc(CCOC(=O)C(=C)C)cc9)c(c2c45)c86)C(=O)N(C(Cc2ccccc2)C(=O)N(c2ccccc2)C(C)C)C7=O)C(=O)N(C(Cc2ccccc2)C(=O)N(c2ccccc2)C(C)C)C3=O)cc1. The smallest absolute Gasteiger partial charge is 0.333 e. The number of para-hydroxylation sites is 2. The summed E-state index contributed by atoms with van der Waals surface area (Å²) in [6, 6.07) is 65.9. The van der Waals surface area contributed by atoms with Crippen LogP contribution in [0.3, 0.4) is 0 Å². The fraction of sp³-hybridized carbons (Fsp3) is 0.204. The highest BCUT2D eigenvalue weighted by Crippen LogP contribution is 2.58. The second-order valence-corrected chi connectivity index (χ2v) is 33.0. The van der Waals surface area contributed by atoms with Crippen molar-refractivity contribution in [3.05, 3.63) is 347 Å². The number of imide groups is 2. The Morgan fingerprint density at radius 1 is 0.292 bits per heavy atom. The number of carbonyl (C=O) groups is 10. The van der Waals surface area contributed by atoms with E-state index in [1.54, 1.807) is 207 Å². The Morgan fingerprint density at radius 2 is 0.515 bits per heavy atom. The minimum atomic E-state index is -1.55. The van der Waals surface area contributed by atoms with E-state index in [2.05, 4.69) is 26.3 Å². The van der Waals surface area contributed by atoms with Crippen LogP contribution in [0.1, 0.15) is 130 Å². The van der Waals surface area contributed by atoms with E-state index in [4.69, 9.17) is 37.9 Å². The minimum Gasteiger partial charge on any atom is -0.462 e. The lowest BCUT2D eigenvalue weighted by atomic mass is 9.80. The molecule has 2 atom stereocenters. The topological polar surface area (TPSA) is 258 Å². The first kappa shape index (κ1) is 89.3. The Morgan fingerprint density at radius 3 is 0.731 bits per heavy atom. The molecule has 22 heteroatoms. The molecule has 0 radical (unpaired) electrons. The van der Waals surface area contributed by atoms with Gasteiger partial charge in [0.1, 0.15) is 58.1 Å². The van der Waals surface area contributed by atoms with Gasteiger partial charge in [-0.05, 0) is 186 Å². The molecular formula is C108H96N4O18. The molecule has 13 aromatic rings. The Balaban J connectivity index is 1.07. The third-order valence-corrected chi connectivity index (χ3v) is 22.8. The van der Waals surface area contributed by atoms with E-state index in [0.29, 0.717) is 22.5 Å². The molecule has 0 fully saturated rings. The summed E-state index contributed by atoms with van der Waals surface area (Å²) in [5, 5.41) is 0.928. The monoisotopic (exact) mass is 1740 g/mol. The zero-order valence-corrected chi connectivity index (χ0v) is 73.4. The molecule has 0 aliphatic carbocycles. The van der Waals surface area contributed by atoms with Crippen molar-refractivity contribution in [3.63, 3.8) is 0 Å². The van der Waals surface area contributed by atoms with E-state index in [1.165, 1.54) is 24.3 Å². The molecule has 2 heterocycles. The molecule has 2 unspecified atom stereocenters. The van der Waals surface area contributed by atoms with Gasteiger partial charge in [0.05, 0.1) is 48.7 Å². The lowest BCUT2D eigenvalue weighted by molar-refractivity contribution is -0.139. The van der Waals surface area contributed by atoms with Gasteiger partial charge in [-0.15, -0.1) is 0 Å². The number of anilines is 2. The summed E-state index contributed by atoms with van der Waals surface area (Å²) in [6.07, 6.45) is 0.809. The van der Waals surface area contributed by atoms with Crippen LogP contribution in [0, 0.1) is 0 Å². The molecule has 2 aliphatic heterocycles. The molecule has 0 saturated heterocycles. The van der Waals surface area contributed by atoms with E-state index >= 15 is 28.8 Å². The first-order valence-electron chi connectivity index (χ1n) is 42.9. The maximum Gasteiger partial charge on any atom is 0.333 e. The molecule has 0 aromatic heterocycles. The van der Waals surface area contributed by atoms with Crippen molar-refractivity contribution in [1.82, 2.24) is 9.80 Å². The Hall–Kier alpha value is -15.6. The first-order chi connectivity index (χ1) is 62.6. The first-order valence-corrected chi connectivity index (χ1v) is 42.9. The van der Waals surface area contributed by atoms with Gasteiger partial charge in [0.15, 0.2) is 0 Å². The molecule has 13 aromatic carbocycles. The number of amides is 6. The summed E-state index contributed by atoms with van der Waals surface area (Å²) in [4.78, 5) is 157. The summed E-state index contributed by atoms with van der Waals surface area (Å²) in [7, 11) is 0. The van der Waals surface area contributed by atoms with Crippen LogP contribution in [0.2, 0.25) is 0 Å². The maximum absolute atomic E-state index is 17.1. The van der Waals surface area contributed by atoms with Gasteiger partial charge < -0.3 is 47.7 Å². The predicted octanol–water partition coefficient (Wildman–Crippen LogP) is 20.9. The fourth-order valence-electron chi connectivity index (χ4n) is 16.5. The number of hydrogen-bond donors (Lipinski definition) is 0. The van der Waals surface area contributed by atoms with Crippen LogP contribution in [0.5, 0.6) is 46.0 Å². The number of benzene rings is 13. The Kier molecular flexibility index (Phi) is 26.6. The second-order valence-electron chi connectivity index (χ2n) is 33.0. The number of ether oxygens (including phenoxy) is 8. The van der Waals surface area contributed by atoms with Crippen molar-refractivity contribution in [1.29, 1.82) is 0 Å². The van der Waals surface area contributed by atoms with Crippen LogP contribution in [-0.2, 0) is 86.2 Å². The quantitative estimate of drug-likeness (QED) is 0.00882. The molecule has 130 heavy (non-hydrogen) atoms. The molecule has 6 amide bonds.